The van der Waals surface area contributed by atoms with E-state index in [-0.39, 0.29) is 28.7 Å². The second-order valence-electron chi connectivity index (χ2n) is 8.23. The monoisotopic (exact) mass is 510 g/mol. The van der Waals surface area contributed by atoms with Gasteiger partial charge < -0.3 is 11.1 Å². The number of alkyl halides is 3. The number of hydrogen-bond acceptors (Lipinski definition) is 5. The van der Waals surface area contributed by atoms with E-state index in [2.05, 4.69) is 15.4 Å². The molecule has 2 aromatic heterocycles. The van der Waals surface area contributed by atoms with Crippen LogP contribution in [0.3, 0.4) is 0 Å². The number of amides is 2. The number of fused-ring (bicyclic) bond motifs is 1. The molecule has 0 atom stereocenters. The molecule has 4 rings (SSSR count). The molecule has 3 N–H and O–H groups in total. The number of pyridine rings is 1. The van der Waals surface area contributed by atoms with Gasteiger partial charge >= 0.3 is 6.18 Å². The first kappa shape index (κ1) is 25.3. The van der Waals surface area contributed by atoms with Crippen molar-refractivity contribution < 1.29 is 27.2 Å². The summed E-state index contributed by atoms with van der Waals surface area (Å²) in [6, 6.07) is 11.5. The van der Waals surface area contributed by atoms with Crippen LogP contribution in [-0.2, 0) is 12.7 Å². The normalized spacial score (nSPS) is 11.4. The van der Waals surface area contributed by atoms with Gasteiger partial charge in [-0.15, -0.1) is 0 Å². The number of halogens is 4. The van der Waals surface area contributed by atoms with Gasteiger partial charge in [0, 0.05) is 5.39 Å². The molecule has 4 aromatic rings. The number of nitrogens with two attached hydrogens (primary N) is 1. The van der Waals surface area contributed by atoms with Gasteiger partial charge in [-0.1, -0.05) is 18.2 Å². The van der Waals surface area contributed by atoms with E-state index in [0.717, 1.165) is 16.8 Å². The van der Waals surface area contributed by atoms with Crippen molar-refractivity contribution >= 4 is 28.4 Å². The third-order valence-corrected chi connectivity index (χ3v) is 5.74. The van der Waals surface area contributed by atoms with E-state index in [1.165, 1.54) is 19.1 Å². The average molecular weight is 510 g/mol. The van der Waals surface area contributed by atoms with E-state index < -0.39 is 40.9 Å². The molecule has 0 saturated heterocycles. The van der Waals surface area contributed by atoms with E-state index in [1.807, 2.05) is 6.07 Å². The zero-order valence-electron chi connectivity index (χ0n) is 19.4. The Kier molecular flexibility index (Phi) is 6.39. The molecule has 0 spiro atoms. The number of carbonyl (C=O) groups excluding carboxylic acids is 2. The maximum Gasteiger partial charge on any atom is 0.437 e. The number of primary amides is 1. The molecule has 12 heteroatoms. The van der Waals surface area contributed by atoms with Crippen molar-refractivity contribution in [3.05, 3.63) is 87.6 Å². The summed E-state index contributed by atoms with van der Waals surface area (Å²) in [5.74, 6) is -2.90. The van der Waals surface area contributed by atoms with Crippen molar-refractivity contribution in [3.63, 3.8) is 0 Å². The third-order valence-electron chi connectivity index (χ3n) is 5.74. The first-order valence-electron chi connectivity index (χ1n) is 10.8. The Morgan fingerprint density at radius 3 is 2.51 bits per heavy atom. The van der Waals surface area contributed by atoms with Crippen molar-refractivity contribution in [1.29, 1.82) is 5.26 Å². The molecular formula is C25H18F4N6O2. The molecule has 0 saturated carbocycles. The van der Waals surface area contributed by atoms with Gasteiger partial charge in [0.25, 0.3) is 5.91 Å². The van der Waals surface area contributed by atoms with Gasteiger partial charge in [0.2, 0.25) is 5.91 Å². The summed E-state index contributed by atoms with van der Waals surface area (Å²) in [7, 11) is 0. The molecule has 0 aliphatic rings. The van der Waals surface area contributed by atoms with Crippen molar-refractivity contribution in [3.8, 4) is 6.07 Å². The smallest absolute Gasteiger partial charge is 0.366 e. The average Bonchev–Trinajstić information content (AvgIpc) is 3.14. The molecule has 37 heavy (non-hydrogen) atoms. The van der Waals surface area contributed by atoms with Gasteiger partial charge in [-0.2, -0.15) is 23.5 Å². The molecular weight excluding hydrogens is 492 g/mol. The van der Waals surface area contributed by atoms with E-state index >= 15 is 0 Å². The highest BCUT2D eigenvalue weighted by Gasteiger charge is 2.39. The molecule has 0 aliphatic carbocycles. The molecule has 0 unspecified atom stereocenters. The molecule has 0 aliphatic heterocycles. The van der Waals surface area contributed by atoms with Crippen LogP contribution in [0.2, 0.25) is 0 Å². The number of hydrogen-bond donors (Lipinski definition) is 2. The lowest BCUT2D eigenvalue weighted by Crippen LogP contribution is -2.20. The predicted octanol–water partition coefficient (Wildman–Crippen LogP) is 4.48. The maximum atomic E-state index is 14.3. The number of anilines is 1. The molecule has 2 amide bonds. The fraction of sp³-hybridized carbons (Fsp3) is 0.160. The van der Waals surface area contributed by atoms with E-state index in [9.17, 15) is 27.2 Å². The Morgan fingerprint density at radius 2 is 1.89 bits per heavy atom. The van der Waals surface area contributed by atoms with Crippen LogP contribution in [-0.4, -0.2) is 26.6 Å². The first-order chi connectivity index (χ1) is 17.4. The standard InChI is InChI=1S/C25H18F4N6O2/c1-12-8-14(6-7-15(12)10-30)11-35-13(2)21(22(34-35)25(27,28)29)33-24(37)19-9-16(23(31)36)20-17(26)4-3-5-18(20)32-19/h3-9H,11H2,1-2H3,(H2,31,36)(H,33,37). The first-order valence-corrected chi connectivity index (χ1v) is 10.8. The highest BCUT2D eigenvalue weighted by molar-refractivity contribution is 6.10. The summed E-state index contributed by atoms with van der Waals surface area (Å²) >= 11 is 0. The minimum Gasteiger partial charge on any atom is -0.366 e. The van der Waals surface area contributed by atoms with Gasteiger partial charge in [0.15, 0.2) is 5.69 Å². The van der Waals surface area contributed by atoms with Crippen molar-refractivity contribution in [2.24, 2.45) is 5.73 Å². The number of carbonyl (C=O) groups is 2. The number of aryl methyl sites for hydroxylation is 1. The zero-order valence-corrected chi connectivity index (χ0v) is 19.4. The maximum absolute atomic E-state index is 14.3. The quantitative estimate of drug-likeness (QED) is 0.383. The van der Waals surface area contributed by atoms with Crippen molar-refractivity contribution in [2.45, 2.75) is 26.6 Å². The van der Waals surface area contributed by atoms with Crippen LogP contribution in [0.15, 0.2) is 42.5 Å². The SMILES string of the molecule is Cc1cc(Cn2nc(C(F)(F)F)c(NC(=O)c3cc(C(N)=O)c4c(F)cccc4n3)c2C)ccc1C#N. The molecule has 0 fully saturated rings. The van der Waals surface area contributed by atoms with Crippen molar-refractivity contribution in [1.82, 2.24) is 14.8 Å². The van der Waals surface area contributed by atoms with E-state index in [0.29, 0.717) is 16.7 Å². The van der Waals surface area contributed by atoms with E-state index in [4.69, 9.17) is 11.0 Å². The van der Waals surface area contributed by atoms with E-state index in [1.54, 1.807) is 25.1 Å². The lowest BCUT2D eigenvalue weighted by atomic mass is 10.1. The van der Waals surface area contributed by atoms with Crippen LogP contribution in [0.5, 0.6) is 0 Å². The number of aromatic nitrogens is 3. The summed E-state index contributed by atoms with van der Waals surface area (Å²) in [6.07, 6.45) is -4.91. The van der Waals surface area contributed by atoms with Gasteiger partial charge in [0.1, 0.15) is 11.5 Å². The highest BCUT2D eigenvalue weighted by Crippen LogP contribution is 2.36. The molecule has 0 bridgehead atoms. The predicted molar refractivity (Wildman–Crippen MR) is 125 cm³/mol. The van der Waals surface area contributed by atoms with Gasteiger partial charge in [0.05, 0.1) is 40.6 Å². The molecule has 8 nitrogen and oxygen atoms in total. The van der Waals surface area contributed by atoms with Crippen LogP contribution >= 0.6 is 0 Å². The summed E-state index contributed by atoms with van der Waals surface area (Å²) in [4.78, 5) is 28.9. The van der Waals surface area contributed by atoms with Gasteiger partial charge in [-0.25, -0.2) is 9.37 Å². The second-order valence-corrected chi connectivity index (χ2v) is 8.23. The number of nitriles is 1. The summed E-state index contributed by atoms with van der Waals surface area (Å²) in [5, 5.41) is 14.7. The van der Waals surface area contributed by atoms with Gasteiger partial charge in [-0.3, -0.25) is 14.3 Å². The third kappa shape index (κ3) is 4.84. The van der Waals surface area contributed by atoms with Crippen LogP contribution in [0.4, 0.5) is 23.2 Å². The fourth-order valence-corrected chi connectivity index (χ4v) is 3.90. The van der Waals surface area contributed by atoms with Gasteiger partial charge in [-0.05, 0) is 49.2 Å². The number of benzene rings is 2. The second kappa shape index (κ2) is 9.34. The van der Waals surface area contributed by atoms with Crippen LogP contribution in [0.25, 0.3) is 10.9 Å². The highest BCUT2D eigenvalue weighted by atomic mass is 19.4. The van der Waals surface area contributed by atoms with Crippen LogP contribution in [0, 0.1) is 31.0 Å². The Labute approximate surface area is 207 Å². The fourth-order valence-electron chi connectivity index (χ4n) is 3.90. The Hall–Kier alpha value is -4.79. The number of rotatable bonds is 5. The summed E-state index contributed by atoms with van der Waals surface area (Å²) < 4.78 is 56.9. The summed E-state index contributed by atoms with van der Waals surface area (Å²) in [5.41, 5.74) is 4.26. The van der Waals surface area contributed by atoms with Crippen LogP contribution in [0.1, 0.15) is 48.9 Å². The number of nitrogens with zero attached hydrogens (tertiary/aromatic N) is 4. The zero-order chi connectivity index (χ0) is 27.1. The molecule has 188 valence electrons. The minimum absolute atomic E-state index is 0.00430. The lowest BCUT2D eigenvalue weighted by molar-refractivity contribution is -0.140. The summed E-state index contributed by atoms with van der Waals surface area (Å²) in [6.45, 7) is 3.00. The Bertz CT molecular complexity index is 1620. The molecule has 2 heterocycles. The van der Waals surface area contributed by atoms with Crippen LogP contribution < -0.4 is 11.1 Å². The molecule has 2 aromatic carbocycles. The molecule has 0 radical (unpaired) electrons. The Morgan fingerprint density at radius 1 is 1.16 bits per heavy atom. The number of nitrogens with one attached hydrogen (secondary N) is 1. The lowest BCUT2D eigenvalue weighted by Gasteiger charge is -2.11. The Balaban J connectivity index is 1.74. The van der Waals surface area contributed by atoms with Crippen molar-refractivity contribution in [2.75, 3.05) is 5.32 Å². The largest absolute Gasteiger partial charge is 0.437 e. The minimum atomic E-state index is -4.91. The topological polar surface area (TPSA) is 127 Å².